The van der Waals surface area contributed by atoms with Crippen LogP contribution >= 0.6 is 23.2 Å². The SMILES string of the molecule is Fc1cc(Cl)cc2c1N1CCN=C1C(Nc1ccc(OC(F)(F)F)c(Cl)c1)=N2. The van der Waals surface area contributed by atoms with E-state index in [9.17, 15) is 17.6 Å². The van der Waals surface area contributed by atoms with Gasteiger partial charge in [0.25, 0.3) is 0 Å². The maximum atomic E-state index is 14.4. The Hall–Kier alpha value is -2.52. The van der Waals surface area contributed by atoms with Gasteiger partial charge >= 0.3 is 6.36 Å². The summed E-state index contributed by atoms with van der Waals surface area (Å²) in [7, 11) is 0. The molecule has 5 nitrogen and oxygen atoms in total. The fourth-order valence-corrected chi connectivity index (χ4v) is 3.37. The number of alkyl halides is 3. The van der Waals surface area contributed by atoms with Crippen molar-refractivity contribution in [3.8, 4) is 5.75 Å². The molecule has 0 radical (unpaired) electrons. The summed E-state index contributed by atoms with van der Waals surface area (Å²) in [5, 5.41) is 2.91. The summed E-state index contributed by atoms with van der Waals surface area (Å²) >= 11 is 11.8. The van der Waals surface area contributed by atoms with Gasteiger partial charge in [-0.15, -0.1) is 13.2 Å². The minimum atomic E-state index is -4.85. The Labute approximate surface area is 166 Å². The van der Waals surface area contributed by atoms with Crippen LogP contribution in [0.1, 0.15) is 0 Å². The standard InChI is InChI=1S/C17H10Cl2F4N4O/c18-8-5-11(20)14-12(6-8)26-15(16-24-3-4-27(14)16)25-9-1-2-13(10(19)7-9)28-17(21,22)23/h1-2,5-7H,3-4H2,(H,25,26). The van der Waals surface area contributed by atoms with E-state index < -0.39 is 17.9 Å². The first-order valence-electron chi connectivity index (χ1n) is 7.94. The van der Waals surface area contributed by atoms with Gasteiger partial charge in [0.15, 0.2) is 17.5 Å². The number of nitrogens with zero attached hydrogens (tertiary/aromatic N) is 3. The summed E-state index contributed by atoms with van der Waals surface area (Å²) in [6.45, 7) is 0.900. The van der Waals surface area contributed by atoms with Gasteiger partial charge in [0.2, 0.25) is 0 Å². The minimum absolute atomic E-state index is 0.190. The lowest BCUT2D eigenvalue weighted by Gasteiger charge is -2.28. The number of nitrogens with one attached hydrogen (secondary N) is 1. The quantitative estimate of drug-likeness (QED) is 0.645. The Morgan fingerprint density at radius 2 is 1.93 bits per heavy atom. The number of ether oxygens (including phenoxy) is 1. The number of aliphatic imine (C=N–C) groups is 2. The molecule has 11 heteroatoms. The number of amidine groups is 2. The zero-order valence-corrected chi connectivity index (χ0v) is 15.3. The van der Waals surface area contributed by atoms with E-state index in [1.807, 2.05) is 0 Å². The summed E-state index contributed by atoms with van der Waals surface area (Å²) in [5.41, 5.74) is 0.952. The van der Waals surface area contributed by atoms with Gasteiger partial charge in [0, 0.05) is 17.3 Å². The smallest absolute Gasteiger partial charge is 0.404 e. The Kier molecular flexibility index (Phi) is 4.59. The highest BCUT2D eigenvalue weighted by molar-refractivity contribution is 6.51. The van der Waals surface area contributed by atoms with Crippen molar-refractivity contribution in [3.63, 3.8) is 0 Å². The highest BCUT2D eigenvalue weighted by Gasteiger charge is 2.33. The van der Waals surface area contributed by atoms with E-state index in [4.69, 9.17) is 23.2 Å². The lowest BCUT2D eigenvalue weighted by molar-refractivity contribution is -0.274. The molecule has 0 amide bonds. The second-order valence-electron chi connectivity index (χ2n) is 5.89. The van der Waals surface area contributed by atoms with Crippen molar-refractivity contribution >= 4 is 51.9 Å². The molecule has 0 aliphatic carbocycles. The van der Waals surface area contributed by atoms with Gasteiger partial charge in [-0.3, -0.25) is 4.99 Å². The maximum absolute atomic E-state index is 14.4. The van der Waals surface area contributed by atoms with Crippen molar-refractivity contribution in [3.05, 3.63) is 46.2 Å². The minimum Gasteiger partial charge on any atom is -0.404 e. The fraction of sp³-hybridized carbons (Fsp3) is 0.176. The van der Waals surface area contributed by atoms with E-state index in [0.29, 0.717) is 36.1 Å². The fourth-order valence-electron chi connectivity index (χ4n) is 2.95. The summed E-state index contributed by atoms with van der Waals surface area (Å²) < 4.78 is 55.3. The van der Waals surface area contributed by atoms with Crippen molar-refractivity contribution in [1.82, 2.24) is 0 Å². The Bertz CT molecular complexity index is 1020. The van der Waals surface area contributed by atoms with E-state index in [2.05, 4.69) is 20.0 Å². The molecule has 0 saturated heterocycles. The summed E-state index contributed by atoms with van der Waals surface area (Å²) in [4.78, 5) is 10.4. The molecule has 2 heterocycles. The molecule has 4 rings (SSSR count). The van der Waals surface area contributed by atoms with E-state index in [1.165, 1.54) is 24.3 Å². The number of hydrogen-bond donors (Lipinski definition) is 1. The first-order chi connectivity index (χ1) is 13.2. The van der Waals surface area contributed by atoms with Crippen LogP contribution in [0.3, 0.4) is 0 Å². The van der Waals surface area contributed by atoms with Crippen molar-refractivity contribution in [1.29, 1.82) is 0 Å². The molecule has 2 aromatic rings. The predicted octanol–water partition coefficient (Wildman–Crippen LogP) is 5.41. The summed E-state index contributed by atoms with van der Waals surface area (Å²) in [6, 6.07) is 6.41. The third kappa shape index (κ3) is 3.59. The predicted molar refractivity (Wildman–Crippen MR) is 99.9 cm³/mol. The maximum Gasteiger partial charge on any atom is 0.573 e. The number of hydrogen-bond acceptors (Lipinski definition) is 5. The average Bonchev–Trinajstić information content (AvgIpc) is 3.05. The average molecular weight is 433 g/mol. The van der Waals surface area contributed by atoms with Gasteiger partial charge in [-0.25, -0.2) is 9.38 Å². The molecule has 2 aliphatic heterocycles. The third-order valence-electron chi connectivity index (χ3n) is 3.98. The molecule has 0 aromatic heterocycles. The van der Waals surface area contributed by atoms with E-state index in [-0.39, 0.29) is 15.7 Å². The highest BCUT2D eigenvalue weighted by Crippen LogP contribution is 2.39. The van der Waals surface area contributed by atoms with Crippen molar-refractivity contribution < 1.29 is 22.3 Å². The van der Waals surface area contributed by atoms with Crippen LogP contribution in [0, 0.1) is 5.82 Å². The van der Waals surface area contributed by atoms with Crippen LogP contribution in [0.25, 0.3) is 0 Å². The second kappa shape index (κ2) is 6.82. The Balaban J connectivity index is 1.68. The van der Waals surface area contributed by atoms with E-state index in [0.717, 1.165) is 6.07 Å². The molecular weight excluding hydrogens is 423 g/mol. The van der Waals surface area contributed by atoms with Gasteiger partial charge < -0.3 is 15.0 Å². The van der Waals surface area contributed by atoms with E-state index >= 15 is 0 Å². The number of rotatable bonds is 2. The van der Waals surface area contributed by atoms with Crippen LogP contribution in [0.2, 0.25) is 10.0 Å². The second-order valence-corrected chi connectivity index (χ2v) is 6.73. The summed E-state index contributed by atoms with van der Waals surface area (Å²) in [5.74, 6) is -0.325. The zero-order valence-electron chi connectivity index (χ0n) is 13.8. The van der Waals surface area contributed by atoms with Gasteiger partial charge in [-0.2, -0.15) is 0 Å². The van der Waals surface area contributed by atoms with Crippen LogP contribution in [-0.2, 0) is 0 Å². The molecule has 2 aromatic carbocycles. The molecule has 0 bridgehead atoms. The first-order valence-corrected chi connectivity index (χ1v) is 8.69. The number of benzene rings is 2. The van der Waals surface area contributed by atoms with Gasteiger partial charge in [0.05, 0.1) is 17.3 Å². The van der Waals surface area contributed by atoms with Gasteiger partial charge in [-0.1, -0.05) is 23.2 Å². The molecule has 0 fully saturated rings. The van der Waals surface area contributed by atoms with Gasteiger partial charge in [-0.05, 0) is 30.3 Å². The van der Waals surface area contributed by atoms with Gasteiger partial charge in [0.1, 0.15) is 11.4 Å². The zero-order chi connectivity index (χ0) is 20.1. The lowest BCUT2D eigenvalue weighted by atomic mass is 10.2. The molecular formula is C17H10Cl2F4N4O. The van der Waals surface area contributed by atoms with Crippen LogP contribution in [0.5, 0.6) is 5.75 Å². The largest absolute Gasteiger partial charge is 0.573 e. The van der Waals surface area contributed by atoms with Crippen LogP contribution in [-0.4, -0.2) is 31.1 Å². The molecule has 146 valence electrons. The topological polar surface area (TPSA) is 49.2 Å². The Morgan fingerprint density at radius 3 is 2.64 bits per heavy atom. The molecule has 1 N–H and O–H groups in total. The molecule has 0 spiro atoms. The lowest BCUT2D eigenvalue weighted by Crippen LogP contribution is -2.40. The molecule has 2 aliphatic rings. The highest BCUT2D eigenvalue weighted by atomic mass is 35.5. The van der Waals surface area contributed by atoms with Crippen LogP contribution in [0.4, 0.5) is 34.6 Å². The van der Waals surface area contributed by atoms with Crippen molar-refractivity contribution in [2.24, 2.45) is 9.98 Å². The molecule has 28 heavy (non-hydrogen) atoms. The number of anilines is 2. The van der Waals surface area contributed by atoms with E-state index in [1.54, 1.807) is 4.90 Å². The Morgan fingerprint density at radius 1 is 1.14 bits per heavy atom. The van der Waals surface area contributed by atoms with Crippen molar-refractivity contribution in [2.45, 2.75) is 6.36 Å². The number of fused-ring (bicyclic) bond motifs is 3. The number of halogens is 6. The molecule has 0 saturated carbocycles. The first kappa shape index (κ1) is 18.8. The summed E-state index contributed by atoms with van der Waals surface area (Å²) in [6.07, 6.45) is -4.85. The van der Waals surface area contributed by atoms with Crippen LogP contribution in [0.15, 0.2) is 40.3 Å². The third-order valence-corrected chi connectivity index (χ3v) is 4.50. The van der Waals surface area contributed by atoms with Crippen LogP contribution < -0.4 is 15.0 Å². The normalized spacial score (nSPS) is 15.6. The molecule has 0 atom stereocenters. The van der Waals surface area contributed by atoms with Crippen molar-refractivity contribution in [2.75, 3.05) is 23.3 Å². The molecule has 0 unspecified atom stereocenters. The monoisotopic (exact) mass is 432 g/mol.